The van der Waals surface area contributed by atoms with Gasteiger partial charge < -0.3 is 16.4 Å². The first-order valence-electron chi connectivity index (χ1n) is 6.45. The second-order valence-electron chi connectivity index (χ2n) is 4.59. The molecular formula is C12H25IN4O. The SMILES string of the molecule is CN=C(N)NCCNC(=O)CC1CCCCC1.I. The molecule has 5 nitrogen and oxygen atoms in total. The van der Waals surface area contributed by atoms with Crippen molar-refractivity contribution in [3.8, 4) is 0 Å². The first-order chi connectivity index (χ1) is 8.22. The van der Waals surface area contributed by atoms with Crippen molar-refractivity contribution >= 4 is 35.8 Å². The van der Waals surface area contributed by atoms with Crippen LogP contribution in [0.25, 0.3) is 0 Å². The molecule has 0 heterocycles. The lowest BCUT2D eigenvalue weighted by Crippen LogP contribution is -2.38. The average molecular weight is 368 g/mol. The smallest absolute Gasteiger partial charge is 0.220 e. The van der Waals surface area contributed by atoms with Crippen LogP contribution in [0.3, 0.4) is 0 Å². The van der Waals surface area contributed by atoms with E-state index in [1.807, 2.05) is 0 Å². The van der Waals surface area contributed by atoms with Crippen LogP contribution in [0, 0.1) is 5.92 Å². The van der Waals surface area contributed by atoms with Gasteiger partial charge in [0.05, 0.1) is 0 Å². The zero-order chi connectivity index (χ0) is 12.5. The van der Waals surface area contributed by atoms with E-state index in [2.05, 4.69) is 15.6 Å². The van der Waals surface area contributed by atoms with Crippen molar-refractivity contribution in [1.82, 2.24) is 10.6 Å². The van der Waals surface area contributed by atoms with Crippen LogP contribution in [0.1, 0.15) is 38.5 Å². The lowest BCUT2D eigenvalue weighted by molar-refractivity contribution is -0.122. The largest absolute Gasteiger partial charge is 0.370 e. The summed E-state index contributed by atoms with van der Waals surface area (Å²) in [6, 6.07) is 0. The third-order valence-electron chi connectivity index (χ3n) is 3.19. The highest BCUT2D eigenvalue weighted by atomic mass is 127. The van der Waals surface area contributed by atoms with Gasteiger partial charge in [-0.05, 0) is 18.8 Å². The second kappa shape index (κ2) is 10.4. The summed E-state index contributed by atoms with van der Waals surface area (Å²) in [6.07, 6.45) is 6.99. The number of carbonyl (C=O) groups excluding carboxylic acids is 1. The summed E-state index contributed by atoms with van der Waals surface area (Å²) in [4.78, 5) is 15.4. The minimum absolute atomic E-state index is 0. The minimum atomic E-state index is 0. The molecule has 4 N–H and O–H groups in total. The molecule has 0 unspecified atom stereocenters. The number of guanidine groups is 1. The van der Waals surface area contributed by atoms with Crippen LogP contribution >= 0.6 is 24.0 Å². The summed E-state index contributed by atoms with van der Waals surface area (Å²) in [7, 11) is 1.63. The van der Waals surface area contributed by atoms with E-state index in [0.717, 1.165) is 0 Å². The molecule has 0 radical (unpaired) electrons. The molecule has 0 aromatic carbocycles. The predicted octanol–water partition coefficient (Wildman–Crippen LogP) is 1.23. The fraction of sp³-hybridized carbons (Fsp3) is 0.833. The van der Waals surface area contributed by atoms with Gasteiger partial charge in [-0.3, -0.25) is 9.79 Å². The normalized spacial score (nSPS) is 16.8. The fourth-order valence-corrected chi connectivity index (χ4v) is 2.20. The number of rotatable bonds is 5. The summed E-state index contributed by atoms with van der Waals surface area (Å²) < 4.78 is 0. The molecule has 6 heteroatoms. The van der Waals surface area contributed by atoms with Crippen molar-refractivity contribution < 1.29 is 4.79 Å². The highest BCUT2D eigenvalue weighted by Crippen LogP contribution is 2.25. The van der Waals surface area contributed by atoms with Crippen molar-refractivity contribution in [2.45, 2.75) is 38.5 Å². The van der Waals surface area contributed by atoms with E-state index in [1.54, 1.807) is 7.05 Å². The predicted molar refractivity (Wildman–Crippen MR) is 85.2 cm³/mol. The molecule has 0 aromatic rings. The van der Waals surface area contributed by atoms with E-state index in [1.165, 1.54) is 32.1 Å². The third-order valence-corrected chi connectivity index (χ3v) is 3.19. The Bertz CT molecular complexity index is 265. The first-order valence-corrected chi connectivity index (χ1v) is 6.45. The van der Waals surface area contributed by atoms with E-state index >= 15 is 0 Å². The molecule has 1 fully saturated rings. The van der Waals surface area contributed by atoms with E-state index in [0.29, 0.717) is 31.4 Å². The van der Waals surface area contributed by atoms with Crippen molar-refractivity contribution in [3.05, 3.63) is 0 Å². The van der Waals surface area contributed by atoms with Gasteiger partial charge in [0.2, 0.25) is 5.91 Å². The summed E-state index contributed by atoms with van der Waals surface area (Å²) >= 11 is 0. The number of nitrogens with two attached hydrogens (primary N) is 1. The highest BCUT2D eigenvalue weighted by molar-refractivity contribution is 14.0. The standard InChI is InChI=1S/C12H24N4O.HI/c1-14-12(13)16-8-7-15-11(17)9-10-5-3-2-4-6-10;/h10H,2-9H2,1H3,(H,15,17)(H3,13,14,16);1H. The van der Waals surface area contributed by atoms with Gasteiger partial charge >= 0.3 is 0 Å². The summed E-state index contributed by atoms with van der Waals surface area (Å²) in [5, 5.41) is 5.80. The molecule has 0 aliphatic heterocycles. The van der Waals surface area contributed by atoms with Crippen molar-refractivity contribution in [2.75, 3.05) is 20.1 Å². The van der Waals surface area contributed by atoms with Gasteiger partial charge in [-0.25, -0.2) is 0 Å². The monoisotopic (exact) mass is 368 g/mol. The maximum atomic E-state index is 11.6. The van der Waals surface area contributed by atoms with E-state index in [-0.39, 0.29) is 29.9 Å². The number of nitrogens with zero attached hydrogens (tertiary/aromatic N) is 1. The average Bonchev–Trinajstić information content (AvgIpc) is 2.35. The lowest BCUT2D eigenvalue weighted by Gasteiger charge is -2.20. The fourth-order valence-electron chi connectivity index (χ4n) is 2.20. The maximum Gasteiger partial charge on any atom is 0.220 e. The Morgan fingerprint density at radius 2 is 1.83 bits per heavy atom. The Kier molecular flexibility index (Phi) is 10.1. The molecule has 0 bridgehead atoms. The topological polar surface area (TPSA) is 79.5 Å². The van der Waals surface area contributed by atoms with Gasteiger partial charge in [-0.2, -0.15) is 0 Å². The van der Waals surface area contributed by atoms with Crippen LogP contribution in [0.5, 0.6) is 0 Å². The van der Waals surface area contributed by atoms with E-state index in [4.69, 9.17) is 5.73 Å². The molecule has 1 aliphatic rings. The van der Waals surface area contributed by atoms with Gasteiger partial charge in [-0.15, -0.1) is 24.0 Å². The molecule has 1 amide bonds. The molecule has 18 heavy (non-hydrogen) atoms. The van der Waals surface area contributed by atoms with Crippen molar-refractivity contribution in [1.29, 1.82) is 0 Å². The molecule has 1 aliphatic carbocycles. The van der Waals surface area contributed by atoms with Gasteiger partial charge in [0.15, 0.2) is 5.96 Å². The highest BCUT2D eigenvalue weighted by Gasteiger charge is 2.16. The zero-order valence-electron chi connectivity index (χ0n) is 11.1. The Hall–Kier alpha value is -0.530. The molecule has 0 spiro atoms. The molecule has 0 saturated heterocycles. The maximum absolute atomic E-state index is 11.6. The summed E-state index contributed by atoms with van der Waals surface area (Å²) in [6.45, 7) is 1.22. The molecule has 1 saturated carbocycles. The van der Waals surface area contributed by atoms with Gasteiger partial charge in [0, 0.05) is 26.6 Å². The van der Waals surface area contributed by atoms with Crippen LogP contribution in [0.15, 0.2) is 4.99 Å². The van der Waals surface area contributed by atoms with Crippen molar-refractivity contribution in [3.63, 3.8) is 0 Å². The van der Waals surface area contributed by atoms with Crippen LogP contribution < -0.4 is 16.4 Å². The Morgan fingerprint density at radius 3 is 2.44 bits per heavy atom. The van der Waals surface area contributed by atoms with Crippen LogP contribution in [-0.4, -0.2) is 32.0 Å². The van der Waals surface area contributed by atoms with E-state index < -0.39 is 0 Å². The van der Waals surface area contributed by atoms with Crippen molar-refractivity contribution in [2.24, 2.45) is 16.6 Å². The third kappa shape index (κ3) is 7.73. The zero-order valence-corrected chi connectivity index (χ0v) is 13.4. The van der Waals surface area contributed by atoms with Crippen LogP contribution in [0.2, 0.25) is 0 Å². The first kappa shape index (κ1) is 17.5. The number of hydrogen-bond acceptors (Lipinski definition) is 2. The van der Waals surface area contributed by atoms with Crippen LogP contribution in [0.4, 0.5) is 0 Å². The Morgan fingerprint density at radius 1 is 1.22 bits per heavy atom. The number of carbonyl (C=O) groups is 1. The summed E-state index contributed by atoms with van der Waals surface area (Å²) in [5.41, 5.74) is 5.47. The minimum Gasteiger partial charge on any atom is -0.370 e. The number of amides is 1. The summed E-state index contributed by atoms with van der Waals surface area (Å²) in [5.74, 6) is 1.16. The van der Waals surface area contributed by atoms with Gasteiger partial charge in [-0.1, -0.05) is 19.3 Å². The van der Waals surface area contributed by atoms with Gasteiger partial charge in [0.25, 0.3) is 0 Å². The van der Waals surface area contributed by atoms with Gasteiger partial charge in [0.1, 0.15) is 0 Å². The lowest BCUT2D eigenvalue weighted by atomic mass is 9.87. The number of nitrogens with one attached hydrogen (secondary N) is 2. The molecular weight excluding hydrogens is 343 g/mol. The van der Waals surface area contributed by atoms with E-state index in [9.17, 15) is 4.79 Å². The second-order valence-corrected chi connectivity index (χ2v) is 4.59. The number of aliphatic imine (C=N–C) groups is 1. The Balaban J connectivity index is 0.00000289. The molecule has 0 aromatic heterocycles. The Labute approximate surface area is 126 Å². The number of halogens is 1. The molecule has 106 valence electrons. The van der Waals surface area contributed by atoms with Crippen LogP contribution in [-0.2, 0) is 4.79 Å². The quantitative estimate of drug-likeness (QED) is 0.296. The number of hydrogen-bond donors (Lipinski definition) is 3. The molecule has 0 atom stereocenters. The molecule has 1 rings (SSSR count).